The second-order valence-electron chi connectivity index (χ2n) is 1.84. The molecule has 1 rings (SSSR count). The summed E-state index contributed by atoms with van der Waals surface area (Å²) in [6.07, 6.45) is 1.10. The summed E-state index contributed by atoms with van der Waals surface area (Å²) < 4.78 is -0.849. The summed E-state index contributed by atoms with van der Waals surface area (Å²) in [6, 6.07) is 0. The fourth-order valence-corrected chi connectivity index (χ4v) is 0.742. The largest absolute Gasteiger partial charge is 0.363 e. The maximum atomic E-state index is 10.5. The van der Waals surface area contributed by atoms with E-state index in [1.807, 2.05) is 0 Å². The number of rotatable bonds is 1. The monoisotopic (exact) mass is 228 g/mol. The molecule has 1 aromatic rings. The topological polar surface area (TPSA) is 73.8 Å². The zero-order valence-corrected chi connectivity index (χ0v) is 7.81. The molecular formula is C4H3Cl3N4O. The Balaban J connectivity index is 3.00. The van der Waals surface area contributed by atoms with Gasteiger partial charge in [0.05, 0.1) is 0 Å². The van der Waals surface area contributed by atoms with Gasteiger partial charge in [-0.2, -0.15) is 0 Å². The van der Waals surface area contributed by atoms with Crippen LogP contribution in [0.15, 0.2) is 6.33 Å². The molecule has 1 heterocycles. The van der Waals surface area contributed by atoms with Crippen LogP contribution in [0.3, 0.4) is 0 Å². The van der Waals surface area contributed by atoms with E-state index in [4.69, 9.17) is 40.5 Å². The van der Waals surface area contributed by atoms with Gasteiger partial charge in [-0.25, -0.2) is 9.67 Å². The van der Waals surface area contributed by atoms with Gasteiger partial charge in [-0.15, -0.1) is 5.10 Å². The smallest absolute Gasteiger partial charge is 0.288 e. The average Bonchev–Trinajstić information content (AvgIpc) is 2.30. The first kappa shape index (κ1) is 9.57. The lowest BCUT2D eigenvalue weighted by Gasteiger charge is -2.08. The van der Waals surface area contributed by atoms with E-state index in [1.54, 1.807) is 0 Å². The fraction of sp³-hybridized carbons (Fsp3) is 0.250. The van der Waals surface area contributed by atoms with Crippen molar-refractivity contribution in [2.24, 2.45) is 5.73 Å². The normalized spacial score (nSPS) is 11.6. The Labute approximate surface area is 82.4 Å². The molecule has 0 fully saturated rings. The van der Waals surface area contributed by atoms with Crippen LogP contribution < -0.4 is 5.73 Å². The van der Waals surface area contributed by atoms with Crippen LogP contribution in [-0.2, 0) is 3.92 Å². The van der Waals surface area contributed by atoms with Gasteiger partial charge in [0.25, 0.3) is 9.82 Å². The predicted molar refractivity (Wildman–Crippen MR) is 44.1 cm³/mol. The summed E-state index contributed by atoms with van der Waals surface area (Å²) in [4.78, 5) is 14.0. The minimum Gasteiger partial charge on any atom is -0.363 e. The number of aromatic nitrogens is 3. The number of halogens is 3. The lowest BCUT2D eigenvalue weighted by Crippen LogP contribution is -2.17. The number of hydrogen-bond acceptors (Lipinski definition) is 3. The van der Waals surface area contributed by atoms with Crippen molar-refractivity contribution in [3.05, 3.63) is 12.2 Å². The van der Waals surface area contributed by atoms with E-state index in [0.717, 1.165) is 11.0 Å². The number of carbonyl (C=O) groups excluding carboxylic acids is 1. The highest BCUT2D eigenvalue weighted by Crippen LogP contribution is 2.30. The van der Waals surface area contributed by atoms with Crippen molar-refractivity contribution in [1.82, 2.24) is 14.8 Å². The average molecular weight is 229 g/mol. The molecule has 0 atom stereocenters. The predicted octanol–water partition coefficient (Wildman–Crippen LogP) is 0.661. The lowest BCUT2D eigenvalue weighted by atomic mass is 10.6. The van der Waals surface area contributed by atoms with Crippen molar-refractivity contribution in [3.8, 4) is 0 Å². The van der Waals surface area contributed by atoms with Crippen molar-refractivity contribution in [3.63, 3.8) is 0 Å². The molecule has 1 amide bonds. The Morgan fingerprint density at radius 1 is 1.58 bits per heavy atom. The maximum Gasteiger partial charge on any atom is 0.288 e. The van der Waals surface area contributed by atoms with Crippen LogP contribution in [0.2, 0.25) is 0 Å². The van der Waals surface area contributed by atoms with Crippen molar-refractivity contribution in [2.45, 2.75) is 3.92 Å². The fourth-order valence-electron chi connectivity index (χ4n) is 0.498. The van der Waals surface area contributed by atoms with Gasteiger partial charge in [0.2, 0.25) is 5.82 Å². The van der Waals surface area contributed by atoms with Crippen LogP contribution >= 0.6 is 34.8 Å². The molecule has 12 heavy (non-hydrogen) atoms. The molecule has 0 saturated heterocycles. The number of hydrogen-bond donors (Lipinski definition) is 1. The zero-order valence-electron chi connectivity index (χ0n) is 5.54. The number of carbonyl (C=O) groups is 1. The second-order valence-corrected chi connectivity index (χ2v) is 4.07. The molecule has 2 N–H and O–H groups in total. The van der Waals surface area contributed by atoms with Crippen LogP contribution in [0.1, 0.15) is 10.6 Å². The first-order chi connectivity index (χ1) is 5.41. The highest BCUT2D eigenvalue weighted by molar-refractivity contribution is 6.64. The summed E-state index contributed by atoms with van der Waals surface area (Å²) >= 11 is 16.2. The minimum absolute atomic E-state index is 0.193. The Morgan fingerprint density at radius 3 is 2.42 bits per heavy atom. The van der Waals surface area contributed by atoms with Crippen LogP contribution in [-0.4, -0.2) is 20.7 Å². The van der Waals surface area contributed by atoms with E-state index in [0.29, 0.717) is 0 Å². The first-order valence-corrected chi connectivity index (χ1v) is 3.83. The number of nitrogens with zero attached hydrogens (tertiary/aromatic N) is 3. The Bertz CT molecular complexity index is 303. The lowest BCUT2D eigenvalue weighted by molar-refractivity contribution is 0.0990. The Hall–Kier alpha value is -0.520. The standard InChI is InChI=1S/C4H3Cl3N4O/c5-4(6,7)11-1-9-3(10-11)2(8)12/h1H,(H2,8,12). The van der Waals surface area contributed by atoms with Gasteiger partial charge in [-0.1, -0.05) is 34.8 Å². The SMILES string of the molecule is NC(=O)c1ncn(C(Cl)(Cl)Cl)n1. The minimum atomic E-state index is -1.75. The molecule has 0 spiro atoms. The second kappa shape index (κ2) is 3.08. The Morgan fingerprint density at radius 2 is 2.17 bits per heavy atom. The molecule has 66 valence electrons. The van der Waals surface area contributed by atoms with E-state index in [-0.39, 0.29) is 5.82 Å². The van der Waals surface area contributed by atoms with Gasteiger partial charge in [0.15, 0.2) is 0 Å². The molecule has 0 aliphatic rings. The van der Waals surface area contributed by atoms with Crippen LogP contribution in [0.25, 0.3) is 0 Å². The van der Waals surface area contributed by atoms with Gasteiger partial charge in [0.1, 0.15) is 6.33 Å². The zero-order chi connectivity index (χ0) is 9.35. The molecule has 0 aliphatic heterocycles. The van der Waals surface area contributed by atoms with E-state index >= 15 is 0 Å². The van der Waals surface area contributed by atoms with E-state index < -0.39 is 9.82 Å². The van der Waals surface area contributed by atoms with Crippen molar-refractivity contribution in [1.29, 1.82) is 0 Å². The van der Waals surface area contributed by atoms with E-state index in [1.165, 1.54) is 0 Å². The number of primary amides is 1. The van der Waals surface area contributed by atoms with Gasteiger partial charge in [0, 0.05) is 0 Å². The summed E-state index contributed by atoms with van der Waals surface area (Å²) in [5.74, 6) is -0.968. The van der Waals surface area contributed by atoms with Crippen LogP contribution in [0.4, 0.5) is 0 Å². The summed E-state index contributed by atoms with van der Waals surface area (Å²) in [6.45, 7) is 0. The number of alkyl halides is 3. The van der Waals surface area contributed by atoms with E-state index in [9.17, 15) is 4.79 Å². The maximum absolute atomic E-state index is 10.5. The molecule has 0 aliphatic carbocycles. The van der Waals surface area contributed by atoms with Crippen LogP contribution in [0, 0.1) is 0 Å². The molecule has 1 aromatic heterocycles. The molecular weight excluding hydrogens is 226 g/mol. The van der Waals surface area contributed by atoms with Crippen LogP contribution in [0.5, 0.6) is 0 Å². The van der Waals surface area contributed by atoms with Crippen molar-refractivity contribution < 1.29 is 4.79 Å². The summed E-state index contributed by atoms with van der Waals surface area (Å²) in [5, 5.41) is 3.52. The van der Waals surface area contributed by atoms with Crippen molar-refractivity contribution in [2.75, 3.05) is 0 Å². The summed E-state index contributed by atoms with van der Waals surface area (Å²) in [5.41, 5.74) is 4.86. The van der Waals surface area contributed by atoms with Crippen molar-refractivity contribution >= 4 is 40.7 Å². The molecule has 0 saturated carbocycles. The molecule has 0 bridgehead atoms. The molecule has 5 nitrogen and oxygen atoms in total. The summed E-state index contributed by atoms with van der Waals surface area (Å²) in [7, 11) is 0. The van der Waals surface area contributed by atoms with Gasteiger partial charge >= 0.3 is 0 Å². The quantitative estimate of drug-likeness (QED) is 0.719. The number of amides is 1. The third-order valence-electron chi connectivity index (χ3n) is 0.972. The number of nitrogens with two attached hydrogens (primary N) is 1. The van der Waals surface area contributed by atoms with Gasteiger partial charge < -0.3 is 5.73 Å². The Kier molecular flexibility index (Phi) is 2.46. The molecule has 0 unspecified atom stereocenters. The molecule has 8 heteroatoms. The highest BCUT2D eigenvalue weighted by Gasteiger charge is 2.24. The molecule has 0 radical (unpaired) electrons. The molecule has 0 aromatic carbocycles. The third kappa shape index (κ3) is 2.00. The van der Waals surface area contributed by atoms with Gasteiger partial charge in [-0.05, 0) is 0 Å². The highest BCUT2D eigenvalue weighted by atomic mass is 35.6. The first-order valence-electron chi connectivity index (χ1n) is 2.70. The third-order valence-corrected chi connectivity index (χ3v) is 1.49. The van der Waals surface area contributed by atoms with Gasteiger partial charge in [-0.3, -0.25) is 4.79 Å². The van der Waals surface area contributed by atoms with E-state index in [2.05, 4.69) is 10.1 Å².